The van der Waals surface area contributed by atoms with Gasteiger partial charge in [0.1, 0.15) is 6.61 Å². The molecule has 2 nitrogen and oxygen atoms in total. The minimum absolute atomic E-state index is 0.130. The van der Waals surface area contributed by atoms with Gasteiger partial charge in [0.15, 0.2) is 0 Å². The topological polar surface area (TPSA) is 26.3 Å². The molecule has 0 bridgehead atoms. The van der Waals surface area contributed by atoms with Crippen LogP contribution in [0.3, 0.4) is 0 Å². The predicted molar refractivity (Wildman–Crippen MR) is 88.4 cm³/mol. The first-order valence-electron chi connectivity index (χ1n) is 6.88. The third-order valence-corrected chi connectivity index (χ3v) is 3.74. The summed E-state index contributed by atoms with van der Waals surface area (Å²) in [6, 6.07) is 15.4. The second-order valence-electron chi connectivity index (χ2n) is 6.03. The number of rotatable bonds is 3. The van der Waals surface area contributed by atoms with Gasteiger partial charge in [0.25, 0.3) is 0 Å². The fourth-order valence-electron chi connectivity index (χ4n) is 1.95. The number of carbonyl (C=O) groups excluding carboxylic acids is 1. The van der Waals surface area contributed by atoms with Gasteiger partial charge >= 0.3 is 5.97 Å². The SMILES string of the molecule is CC(C)(C)c1ccc(COC(=O)c2cccc(Br)c2)cc1. The molecule has 0 radical (unpaired) electrons. The molecule has 110 valence electrons. The number of esters is 1. The Balaban J connectivity index is 1.98. The zero-order chi connectivity index (χ0) is 15.5. The van der Waals surface area contributed by atoms with Crippen LogP contribution in [0.5, 0.6) is 0 Å². The van der Waals surface area contributed by atoms with E-state index in [9.17, 15) is 4.79 Å². The first-order valence-corrected chi connectivity index (χ1v) is 7.68. The van der Waals surface area contributed by atoms with E-state index in [1.165, 1.54) is 5.56 Å². The lowest BCUT2D eigenvalue weighted by Crippen LogP contribution is -2.11. The molecule has 0 N–H and O–H groups in total. The van der Waals surface area contributed by atoms with Gasteiger partial charge in [-0.3, -0.25) is 0 Å². The maximum absolute atomic E-state index is 12.0. The molecule has 0 fully saturated rings. The van der Waals surface area contributed by atoms with Crippen molar-refractivity contribution >= 4 is 21.9 Å². The van der Waals surface area contributed by atoms with Crippen molar-refractivity contribution in [3.8, 4) is 0 Å². The van der Waals surface area contributed by atoms with Crippen LogP contribution < -0.4 is 0 Å². The summed E-state index contributed by atoms with van der Waals surface area (Å²) >= 11 is 3.35. The van der Waals surface area contributed by atoms with Gasteiger partial charge in [-0.25, -0.2) is 4.79 Å². The number of ether oxygens (including phenoxy) is 1. The highest BCUT2D eigenvalue weighted by atomic mass is 79.9. The van der Waals surface area contributed by atoms with Crippen molar-refractivity contribution in [1.82, 2.24) is 0 Å². The van der Waals surface area contributed by atoms with Crippen LogP contribution >= 0.6 is 15.9 Å². The van der Waals surface area contributed by atoms with E-state index in [4.69, 9.17) is 4.74 Å². The Morgan fingerprint density at radius 2 is 1.76 bits per heavy atom. The van der Waals surface area contributed by atoms with Gasteiger partial charge in [-0.15, -0.1) is 0 Å². The highest BCUT2D eigenvalue weighted by Gasteiger charge is 2.13. The van der Waals surface area contributed by atoms with Crippen molar-refractivity contribution < 1.29 is 9.53 Å². The fraction of sp³-hybridized carbons (Fsp3) is 0.278. The molecule has 3 heteroatoms. The van der Waals surface area contributed by atoms with Crippen molar-refractivity contribution in [2.45, 2.75) is 32.8 Å². The first-order chi connectivity index (χ1) is 9.86. The molecular weight excluding hydrogens is 328 g/mol. The molecule has 0 aliphatic heterocycles. The maximum atomic E-state index is 12.0. The molecule has 2 aromatic carbocycles. The van der Waals surface area contributed by atoms with Crippen molar-refractivity contribution in [1.29, 1.82) is 0 Å². The Bertz CT molecular complexity index is 624. The molecule has 0 amide bonds. The van der Waals surface area contributed by atoms with E-state index in [0.29, 0.717) is 5.56 Å². The molecular formula is C18H19BrO2. The molecule has 2 rings (SSSR count). The normalized spacial score (nSPS) is 11.2. The van der Waals surface area contributed by atoms with Crippen molar-refractivity contribution in [3.05, 3.63) is 69.7 Å². The molecule has 21 heavy (non-hydrogen) atoms. The Hall–Kier alpha value is -1.61. The van der Waals surface area contributed by atoms with E-state index < -0.39 is 0 Å². The average Bonchev–Trinajstić information content (AvgIpc) is 2.44. The van der Waals surface area contributed by atoms with Gasteiger partial charge in [-0.2, -0.15) is 0 Å². The third kappa shape index (κ3) is 4.43. The molecule has 0 saturated heterocycles. The summed E-state index contributed by atoms with van der Waals surface area (Å²) < 4.78 is 6.20. The average molecular weight is 347 g/mol. The molecule has 0 aliphatic carbocycles. The van der Waals surface area contributed by atoms with E-state index in [1.54, 1.807) is 12.1 Å². The Kier molecular flexibility index (Phi) is 4.84. The summed E-state index contributed by atoms with van der Waals surface area (Å²) in [6.07, 6.45) is 0. The number of hydrogen-bond donors (Lipinski definition) is 0. The van der Waals surface area contributed by atoms with E-state index in [2.05, 4.69) is 48.8 Å². The number of carbonyl (C=O) groups is 1. The molecule has 0 atom stereocenters. The number of benzene rings is 2. The smallest absolute Gasteiger partial charge is 0.338 e. The summed E-state index contributed by atoms with van der Waals surface area (Å²) in [6.45, 7) is 6.82. The van der Waals surface area contributed by atoms with Crippen LogP contribution in [0.25, 0.3) is 0 Å². The zero-order valence-electron chi connectivity index (χ0n) is 12.5. The van der Waals surface area contributed by atoms with Crippen LogP contribution in [0.4, 0.5) is 0 Å². The molecule has 0 aromatic heterocycles. The van der Waals surface area contributed by atoms with Crippen LogP contribution in [0.2, 0.25) is 0 Å². The minimum Gasteiger partial charge on any atom is -0.457 e. The van der Waals surface area contributed by atoms with Crippen LogP contribution in [0.1, 0.15) is 42.3 Å². The van der Waals surface area contributed by atoms with Crippen molar-refractivity contribution in [3.63, 3.8) is 0 Å². The van der Waals surface area contributed by atoms with Crippen molar-refractivity contribution in [2.24, 2.45) is 0 Å². The fourth-order valence-corrected chi connectivity index (χ4v) is 2.35. The van der Waals surface area contributed by atoms with Gasteiger partial charge < -0.3 is 4.74 Å². The van der Waals surface area contributed by atoms with Gasteiger partial charge in [0, 0.05) is 4.47 Å². The van der Waals surface area contributed by atoms with Gasteiger partial charge in [0.05, 0.1) is 5.56 Å². The van der Waals surface area contributed by atoms with Gasteiger partial charge in [0.2, 0.25) is 0 Å². The molecule has 0 saturated carbocycles. The second kappa shape index (κ2) is 6.44. The van der Waals surface area contributed by atoms with Crippen LogP contribution in [0, 0.1) is 0 Å². The molecule has 0 aliphatic rings. The first kappa shape index (κ1) is 15.8. The summed E-state index contributed by atoms with van der Waals surface area (Å²) in [4.78, 5) is 12.0. The Morgan fingerprint density at radius 1 is 1.10 bits per heavy atom. The maximum Gasteiger partial charge on any atom is 0.338 e. The van der Waals surface area contributed by atoms with E-state index in [-0.39, 0.29) is 18.0 Å². The minimum atomic E-state index is -0.309. The quantitative estimate of drug-likeness (QED) is 0.722. The summed E-state index contributed by atoms with van der Waals surface area (Å²) in [5, 5.41) is 0. The lowest BCUT2D eigenvalue weighted by molar-refractivity contribution is 0.0472. The van der Waals surface area contributed by atoms with Crippen LogP contribution in [0.15, 0.2) is 53.0 Å². The predicted octanol–water partition coefficient (Wildman–Crippen LogP) is 5.10. The summed E-state index contributed by atoms with van der Waals surface area (Å²) in [7, 11) is 0. The Morgan fingerprint density at radius 3 is 2.33 bits per heavy atom. The molecule has 0 heterocycles. The number of halogens is 1. The van der Waals surface area contributed by atoms with Gasteiger partial charge in [-0.1, -0.05) is 67.0 Å². The van der Waals surface area contributed by atoms with E-state index >= 15 is 0 Å². The summed E-state index contributed by atoms with van der Waals surface area (Å²) in [5.41, 5.74) is 2.94. The zero-order valence-corrected chi connectivity index (χ0v) is 14.1. The highest BCUT2D eigenvalue weighted by Crippen LogP contribution is 2.22. The van der Waals surface area contributed by atoms with Crippen molar-refractivity contribution in [2.75, 3.05) is 0 Å². The molecule has 0 unspecified atom stereocenters. The lowest BCUT2D eigenvalue weighted by atomic mass is 9.87. The third-order valence-electron chi connectivity index (χ3n) is 3.25. The van der Waals surface area contributed by atoms with Gasteiger partial charge in [-0.05, 0) is 34.7 Å². The highest BCUT2D eigenvalue weighted by molar-refractivity contribution is 9.10. The Labute approximate surface area is 134 Å². The van der Waals surface area contributed by atoms with Crippen LogP contribution in [-0.2, 0) is 16.8 Å². The molecule has 2 aromatic rings. The standard InChI is InChI=1S/C18H19BrO2/c1-18(2,3)15-9-7-13(8-10-15)12-21-17(20)14-5-4-6-16(19)11-14/h4-11H,12H2,1-3H3. The molecule has 0 spiro atoms. The largest absolute Gasteiger partial charge is 0.457 e. The van der Waals surface area contributed by atoms with Crippen LogP contribution in [-0.4, -0.2) is 5.97 Å². The van der Waals surface area contributed by atoms with E-state index in [0.717, 1.165) is 10.0 Å². The van der Waals surface area contributed by atoms with E-state index in [1.807, 2.05) is 24.3 Å². The lowest BCUT2D eigenvalue weighted by Gasteiger charge is -2.19. The monoisotopic (exact) mass is 346 g/mol. The number of hydrogen-bond acceptors (Lipinski definition) is 2. The summed E-state index contributed by atoms with van der Waals surface area (Å²) in [5.74, 6) is -0.309. The second-order valence-corrected chi connectivity index (χ2v) is 6.95.